The highest BCUT2D eigenvalue weighted by molar-refractivity contribution is 6.31. The first-order valence-corrected chi connectivity index (χ1v) is 3.36. The zero-order valence-corrected chi connectivity index (χ0v) is 6.23. The highest BCUT2D eigenvalue weighted by Crippen LogP contribution is 2.17. The number of halogens is 1. The van der Waals surface area contributed by atoms with E-state index >= 15 is 0 Å². The average Bonchev–Trinajstić information content (AvgIpc) is 1.94. The van der Waals surface area contributed by atoms with Gasteiger partial charge >= 0.3 is 0 Å². The van der Waals surface area contributed by atoms with Crippen molar-refractivity contribution in [3.8, 4) is 0 Å². The van der Waals surface area contributed by atoms with Crippen molar-refractivity contribution < 1.29 is 0 Å². The molecule has 0 heterocycles. The number of nitrogens with two attached hydrogens (primary N) is 2. The molecule has 0 fully saturated rings. The molecule has 0 amide bonds. The van der Waals surface area contributed by atoms with Crippen molar-refractivity contribution in [2.24, 2.45) is 5.73 Å². The van der Waals surface area contributed by atoms with Crippen LogP contribution in [0.25, 0.3) is 0 Å². The lowest BCUT2D eigenvalue weighted by atomic mass is 10.2. The number of hydrogen-bond donors (Lipinski definition) is 2. The number of nitrogen functional groups attached to an aromatic ring is 1. The Bertz CT molecular complexity index is 235. The molecule has 54 valence electrons. The maximum atomic E-state index is 5.76. The van der Waals surface area contributed by atoms with Crippen LogP contribution in [0.5, 0.6) is 0 Å². The van der Waals surface area contributed by atoms with Gasteiger partial charge in [-0.2, -0.15) is 0 Å². The Labute approximate surface area is 64.8 Å². The number of hydrogen-bond acceptors (Lipinski definition) is 2. The van der Waals surface area contributed by atoms with E-state index in [1.54, 1.807) is 18.2 Å². The summed E-state index contributed by atoms with van der Waals surface area (Å²) in [4.78, 5) is 0. The number of benzene rings is 1. The van der Waals surface area contributed by atoms with Crippen LogP contribution in [-0.2, 0) is 6.54 Å². The average molecular weight is 157 g/mol. The summed E-state index contributed by atoms with van der Waals surface area (Å²) in [6.07, 6.45) is 0. The van der Waals surface area contributed by atoms with E-state index in [9.17, 15) is 0 Å². The molecular formula is C7H9ClN2. The first-order chi connectivity index (χ1) is 4.74. The van der Waals surface area contributed by atoms with Gasteiger partial charge in [-0.3, -0.25) is 0 Å². The first-order valence-electron chi connectivity index (χ1n) is 2.98. The standard InChI is InChI=1S/C7H9ClN2/c8-7-2-1-6(10)3-5(7)4-9/h1-3H,4,9-10H2. The lowest BCUT2D eigenvalue weighted by Crippen LogP contribution is -1.98. The Balaban J connectivity index is 3.09. The summed E-state index contributed by atoms with van der Waals surface area (Å²) in [7, 11) is 0. The minimum atomic E-state index is 0.434. The Morgan fingerprint density at radius 2 is 2.10 bits per heavy atom. The monoisotopic (exact) mass is 156 g/mol. The van der Waals surface area contributed by atoms with Gasteiger partial charge in [-0.05, 0) is 23.8 Å². The van der Waals surface area contributed by atoms with Gasteiger partial charge in [0.2, 0.25) is 0 Å². The van der Waals surface area contributed by atoms with E-state index in [2.05, 4.69) is 0 Å². The molecule has 1 rings (SSSR count). The smallest absolute Gasteiger partial charge is 0.0452 e. The van der Waals surface area contributed by atoms with Crippen molar-refractivity contribution in [1.82, 2.24) is 0 Å². The maximum Gasteiger partial charge on any atom is 0.0452 e. The molecule has 1 aromatic rings. The minimum absolute atomic E-state index is 0.434. The van der Waals surface area contributed by atoms with Crippen LogP contribution in [0.15, 0.2) is 18.2 Å². The molecule has 0 atom stereocenters. The second-order valence-corrected chi connectivity index (χ2v) is 2.46. The molecule has 0 radical (unpaired) electrons. The predicted molar refractivity (Wildman–Crippen MR) is 43.8 cm³/mol. The molecule has 2 nitrogen and oxygen atoms in total. The third kappa shape index (κ3) is 1.40. The normalized spacial score (nSPS) is 9.80. The topological polar surface area (TPSA) is 52.0 Å². The van der Waals surface area contributed by atoms with Crippen LogP contribution in [0.2, 0.25) is 5.02 Å². The molecule has 0 saturated carbocycles. The van der Waals surface area contributed by atoms with Crippen LogP contribution in [-0.4, -0.2) is 0 Å². The fourth-order valence-corrected chi connectivity index (χ4v) is 0.946. The summed E-state index contributed by atoms with van der Waals surface area (Å²) in [6.45, 7) is 0.434. The lowest BCUT2D eigenvalue weighted by Gasteiger charge is -2.00. The van der Waals surface area contributed by atoms with E-state index < -0.39 is 0 Å². The number of anilines is 1. The Morgan fingerprint density at radius 1 is 1.40 bits per heavy atom. The van der Waals surface area contributed by atoms with Gasteiger partial charge in [0.25, 0.3) is 0 Å². The van der Waals surface area contributed by atoms with Gasteiger partial charge in [0.15, 0.2) is 0 Å². The molecule has 3 heteroatoms. The van der Waals surface area contributed by atoms with E-state index in [1.165, 1.54) is 0 Å². The van der Waals surface area contributed by atoms with Gasteiger partial charge in [-0.15, -0.1) is 0 Å². The molecule has 4 N–H and O–H groups in total. The first kappa shape index (κ1) is 7.38. The second-order valence-electron chi connectivity index (χ2n) is 2.05. The fraction of sp³-hybridized carbons (Fsp3) is 0.143. The second kappa shape index (κ2) is 2.90. The van der Waals surface area contributed by atoms with Gasteiger partial charge in [0.1, 0.15) is 0 Å². The largest absolute Gasteiger partial charge is 0.399 e. The van der Waals surface area contributed by atoms with E-state index in [0.29, 0.717) is 17.3 Å². The van der Waals surface area contributed by atoms with Crippen molar-refractivity contribution in [2.45, 2.75) is 6.54 Å². The van der Waals surface area contributed by atoms with E-state index in [-0.39, 0.29) is 0 Å². The molecule has 10 heavy (non-hydrogen) atoms. The molecular weight excluding hydrogens is 148 g/mol. The fourth-order valence-electron chi connectivity index (χ4n) is 0.751. The SMILES string of the molecule is NCc1cc(N)ccc1Cl. The third-order valence-corrected chi connectivity index (χ3v) is 1.66. The molecule has 0 unspecified atom stereocenters. The predicted octanol–water partition coefficient (Wildman–Crippen LogP) is 1.38. The summed E-state index contributed by atoms with van der Waals surface area (Å²) in [5.41, 5.74) is 12.5. The molecule has 0 aliphatic carbocycles. The minimum Gasteiger partial charge on any atom is -0.399 e. The maximum absolute atomic E-state index is 5.76. The Hall–Kier alpha value is -0.730. The number of rotatable bonds is 1. The molecule has 0 saturated heterocycles. The van der Waals surface area contributed by atoms with Crippen molar-refractivity contribution in [3.05, 3.63) is 28.8 Å². The van der Waals surface area contributed by atoms with Gasteiger partial charge in [-0.25, -0.2) is 0 Å². The van der Waals surface area contributed by atoms with Crippen molar-refractivity contribution in [2.75, 3.05) is 5.73 Å². The summed E-state index contributed by atoms with van der Waals surface area (Å²) < 4.78 is 0. The highest BCUT2D eigenvalue weighted by atomic mass is 35.5. The molecule has 0 aromatic heterocycles. The van der Waals surface area contributed by atoms with Crippen LogP contribution in [0.1, 0.15) is 5.56 Å². The molecule has 0 aliphatic rings. The molecule has 0 spiro atoms. The van der Waals surface area contributed by atoms with Crippen LogP contribution >= 0.6 is 11.6 Å². The molecule has 0 bridgehead atoms. The lowest BCUT2D eigenvalue weighted by molar-refractivity contribution is 1.07. The highest BCUT2D eigenvalue weighted by Gasteiger charge is 1.96. The van der Waals surface area contributed by atoms with Gasteiger partial charge in [0, 0.05) is 17.3 Å². The summed E-state index contributed by atoms with van der Waals surface area (Å²) in [5, 5.41) is 0.678. The Morgan fingerprint density at radius 3 is 2.60 bits per heavy atom. The van der Waals surface area contributed by atoms with Crippen LogP contribution < -0.4 is 11.5 Å². The van der Waals surface area contributed by atoms with Gasteiger partial charge < -0.3 is 11.5 Å². The van der Waals surface area contributed by atoms with E-state index in [0.717, 1.165) is 5.56 Å². The summed E-state index contributed by atoms with van der Waals surface area (Å²) in [6, 6.07) is 5.28. The van der Waals surface area contributed by atoms with E-state index in [4.69, 9.17) is 23.1 Å². The third-order valence-electron chi connectivity index (χ3n) is 1.29. The Kier molecular flexibility index (Phi) is 2.14. The molecule has 1 aromatic carbocycles. The van der Waals surface area contributed by atoms with Crippen molar-refractivity contribution in [1.29, 1.82) is 0 Å². The van der Waals surface area contributed by atoms with Crippen LogP contribution in [0.3, 0.4) is 0 Å². The quantitative estimate of drug-likeness (QED) is 0.604. The zero-order valence-electron chi connectivity index (χ0n) is 5.47. The van der Waals surface area contributed by atoms with Crippen molar-refractivity contribution in [3.63, 3.8) is 0 Å². The summed E-state index contributed by atoms with van der Waals surface area (Å²) >= 11 is 5.76. The van der Waals surface area contributed by atoms with Crippen LogP contribution in [0, 0.1) is 0 Å². The zero-order chi connectivity index (χ0) is 7.56. The van der Waals surface area contributed by atoms with Gasteiger partial charge in [0.05, 0.1) is 0 Å². The van der Waals surface area contributed by atoms with Gasteiger partial charge in [-0.1, -0.05) is 11.6 Å². The molecule has 0 aliphatic heterocycles. The van der Waals surface area contributed by atoms with E-state index in [1.807, 2.05) is 0 Å². The summed E-state index contributed by atoms with van der Waals surface area (Å²) in [5.74, 6) is 0. The van der Waals surface area contributed by atoms with Crippen LogP contribution in [0.4, 0.5) is 5.69 Å². The van der Waals surface area contributed by atoms with Crippen molar-refractivity contribution >= 4 is 17.3 Å².